The molecule has 1 saturated heterocycles. The van der Waals surface area contributed by atoms with Crippen LogP contribution in [0.3, 0.4) is 0 Å². The van der Waals surface area contributed by atoms with Gasteiger partial charge in [0, 0.05) is 31.1 Å². The Morgan fingerprint density at radius 3 is 2.96 bits per heavy atom. The van der Waals surface area contributed by atoms with E-state index in [1.807, 2.05) is 24.2 Å². The predicted molar refractivity (Wildman–Crippen MR) is 104 cm³/mol. The van der Waals surface area contributed by atoms with Gasteiger partial charge in [-0.2, -0.15) is 0 Å². The molecule has 2 heterocycles. The number of nitrogens with one attached hydrogen (secondary N) is 1. The van der Waals surface area contributed by atoms with E-state index in [0.717, 1.165) is 43.5 Å². The van der Waals surface area contributed by atoms with Gasteiger partial charge in [0.2, 0.25) is 5.91 Å². The molecule has 0 unspecified atom stereocenters. The van der Waals surface area contributed by atoms with Gasteiger partial charge in [0.25, 0.3) is 0 Å². The van der Waals surface area contributed by atoms with Crippen LogP contribution in [0.4, 0.5) is 0 Å². The van der Waals surface area contributed by atoms with Crippen molar-refractivity contribution in [1.82, 2.24) is 15.2 Å². The first-order valence-electron chi connectivity index (χ1n) is 9.90. The first-order chi connectivity index (χ1) is 12.7. The van der Waals surface area contributed by atoms with Crippen molar-refractivity contribution in [2.45, 2.75) is 57.6 Å². The molecule has 142 valence electrons. The zero-order valence-corrected chi connectivity index (χ0v) is 16.0. The first kappa shape index (κ1) is 18.9. The molecule has 1 saturated carbocycles. The second kappa shape index (κ2) is 9.17. The molecule has 0 aromatic carbocycles. The standard InChI is InChI=1S/C21H31N3O2/c1-16(22-2)6-5-7-17-12-20(14-23-13-17)26-19-10-11-24(15-19)21(25)18-8-3-4-9-18/h5,7,12-14,16,18-19,22H,3-4,6,8-11,15H2,1-2H3/b7-5+/t16-,19-/m0/s1. The molecule has 2 fully saturated rings. The number of hydrogen-bond acceptors (Lipinski definition) is 4. The van der Waals surface area contributed by atoms with Gasteiger partial charge in [-0.25, -0.2) is 0 Å². The van der Waals surface area contributed by atoms with Gasteiger partial charge in [-0.1, -0.05) is 25.0 Å². The number of amides is 1. The number of rotatable bonds is 7. The molecule has 1 aliphatic heterocycles. The molecule has 0 radical (unpaired) electrons. The number of hydrogen-bond donors (Lipinski definition) is 1. The topological polar surface area (TPSA) is 54.5 Å². The summed E-state index contributed by atoms with van der Waals surface area (Å²) in [6.07, 6.45) is 14.3. The molecule has 5 nitrogen and oxygen atoms in total. The molecule has 1 aromatic rings. The maximum atomic E-state index is 12.5. The van der Waals surface area contributed by atoms with Crippen molar-refractivity contribution in [3.05, 3.63) is 30.1 Å². The van der Waals surface area contributed by atoms with E-state index in [2.05, 4.69) is 29.4 Å². The van der Waals surface area contributed by atoms with Crippen molar-refractivity contribution in [3.63, 3.8) is 0 Å². The van der Waals surface area contributed by atoms with Crippen LogP contribution < -0.4 is 10.1 Å². The summed E-state index contributed by atoms with van der Waals surface area (Å²) in [5.74, 6) is 1.37. The third kappa shape index (κ3) is 5.07. The molecule has 0 bridgehead atoms. The molecule has 1 N–H and O–H groups in total. The molecular formula is C21H31N3O2. The van der Waals surface area contributed by atoms with Crippen molar-refractivity contribution in [1.29, 1.82) is 0 Å². The summed E-state index contributed by atoms with van der Waals surface area (Å²) in [7, 11) is 1.97. The Labute approximate surface area is 156 Å². The highest BCUT2D eigenvalue weighted by Gasteiger charge is 2.33. The van der Waals surface area contributed by atoms with Gasteiger partial charge < -0.3 is 15.0 Å². The minimum Gasteiger partial charge on any atom is -0.487 e. The average Bonchev–Trinajstić information content (AvgIpc) is 3.33. The lowest BCUT2D eigenvalue weighted by Gasteiger charge is -2.20. The Hall–Kier alpha value is -1.88. The number of carbonyl (C=O) groups excluding carboxylic acids is 1. The SMILES string of the molecule is CN[C@@H](C)C/C=C/c1cncc(O[C@H]2CCN(C(=O)C3CCCC3)C2)c1. The Kier molecular flexibility index (Phi) is 6.67. The highest BCUT2D eigenvalue weighted by Crippen LogP contribution is 2.28. The van der Waals surface area contributed by atoms with Crippen LogP contribution in [0.25, 0.3) is 6.08 Å². The lowest BCUT2D eigenvalue weighted by atomic mass is 10.1. The second-order valence-corrected chi connectivity index (χ2v) is 7.58. The van der Waals surface area contributed by atoms with Crippen LogP contribution in [0.15, 0.2) is 24.5 Å². The molecule has 0 spiro atoms. The molecule has 26 heavy (non-hydrogen) atoms. The number of aromatic nitrogens is 1. The molecule has 1 aliphatic carbocycles. The van der Waals surface area contributed by atoms with Gasteiger partial charge in [0.15, 0.2) is 0 Å². The zero-order chi connectivity index (χ0) is 18.4. The summed E-state index contributed by atoms with van der Waals surface area (Å²) >= 11 is 0. The van der Waals surface area contributed by atoms with E-state index in [-0.39, 0.29) is 12.0 Å². The lowest BCUT2D eigenvalue weighted by molar-refractivity contribution is -0.134. The minimum absolute atomic E-state index is 0.0747. The summed E-state index contributed by atoms with van der Waals surface area (Å²) in [6, 6.07) is 2.48. The molecule has 2 atom stereocenters. The zero-order valence-electron chi connectivity index (χ0n) is 16.0. The Morgan fingerprint density at radius 2 is 2.19 bits per heavy atom. The number of likely N-dealkylation sites (tertiary alicyclic amines) is 1. The normalized spacial score (nSPS) is 22.2. The largest absolute Gasteiger partial charge is 0.487 e. The minimum atomic E-state index is 0.0747. The van der Waals surface area contributed by atoms with Crippen LogP contribution in [-0.4, -0.2) is 48.1 Å². The number of pyridine rings is 1. The fraction of sp³-hybridized carbons (Fsp3) is 0.619. The average molecular weight is 357 g/mol. The number of nitrogens with zero attached hydrogens (tertiary/aromatic N) is 2. The van der Waals surface area contributed by atoms with Crippen molar-refractivity contribution >= 4 is 12.0 Å². The molecule has 1 amide bonds. The Morgan fingerprint density at radius 1 is 1.38 bits per heavy atom. The van der Waals surface area contributed by atoms with Crippen LogP contribution in [0.5, 0.6) is 5.75 Å². The van der Waals surface area contributed by atoms with Crippen LogP contribution in [0, 0.1) is 5.92 Å². The molecule has 2 aliphatic rings. The third-order valence-corrected chi connectivity index (χ3v) is 5.49. The highest BCUT2D eigenvalue weighted by atomic mass is 16.5. The van der Waals surface area contributed by atoms with E-state index in [0.29, 0.717) is 18.5 Å². The van der Waals surface area contributed by atoms with Crippen molar-refractivity contribution in [2.75, 3.05) is 20.1 Å². The van der Waals surface area contributed by atoms with Crippen LogP contribution in [0.2, 0.25) is 0 Å². The number of carbonyl (C=O) groups is 1. The summed E-state index contributed by atoms with van der Waals surface area (Å²) in [5.41, 5.74) is 1.04. The van der Waals surface area contributed by atoms with E-state index in [1.54, 1.807) is 6.20 Å². The molecule has 5 heteroatoms. The molecule has 3 rings (SSSR count). The van der Waals surface area contributed by atoms with Gasteiger partial charge in [0.1, 0.15) is 11.9 Å². The van der Waals surface area contributed by atoms with Gasteiger partial charge in [-0.15, -0.1) is 0 Å². The van der Waals surface area contributed by atoms with E-state index in [1.165, 1.54) is 12.8 Å². The van der Waals surface area contributed by atoms with Gasteiger partial charge in [-0.3, -0.25) is 9.78 Å². The van der Waals surface area contributed by atoms with Crippen molar-refractivity contribution < 1.29 is 9.53 Å². The quantitative estimate of drug-likeness (QED) is 0.814. The first-order valence-corrected chi connectivity index (χ1v) is 9.90. The monoisotopic (exact) mass is 357 g/mol. The number of ether oxygens (including phenoxy) is 1. The summed E-state index contributed by atoms with van der Waals surface area (Å²) in [6.45, 7) is 3.67. The van der Waals surface area contributed by atoms with E-state index < -0.39 is 0 Å². The molecular weight excluding hydrogens is 326 g/mol. The fourth-order valence-corrected chi connectivity index (χ4v) is 3.77. The predicted octanol–water partition coefficient (Wildman–Crippen LogP) is 3.26. The van der Waals surface area contributed by atoms with Gasteiger partial charge in [-0.05, 0) is 44.9 Å². The molecule has 1 aromatic heterocycles. The summed E-state index contributed by atoms with van der Waals surface area (Å²) in [5, 5.41) is 3.22. The lowest BCUT2D eigenvalue weighted by Crippen LogP contribution is -2.34. The van der Waals surface area contributed by atoms with E-state index in [9.17, 15) is 4.79 Å². The van der Waals surface area contributed by atoms with E-state index in [4.69, 9.17) is 4.74 Å². The maximum Gasteiger partial charge on any atom is 0.225 e. The van der Waals surface area contributed by atoms with Gasteiger partial charge in [0.05, 0.1) is 12.7 Å². The van der Waals surface area contributed by atoms with E-state index >= 15 is 0 Å². The maximum absolute atomic E-state index is 12.5. The van der Waals surface area contributed by atoms with Crippen molar-refractivity contribution in [3.8, 4) is 5.75 Å². The van der Waals surface area contributed by atoms with Crippen LogP contribution >= 0.6 is 0 Å². The Bertz CT molecular complexity index is 625. The second-order valence-electron chi connectivity index (χ2n) is 7.58. The van der Waals surface area contributed by atoms with Crippen LogP contribution in [0.1, 0.15) is 51.0 Å². The summed E-state index contributed by atoms with van der Waals surface area (Å²) < 4.78 is 6.10. The summed E-state index contributed by atoms with van der Waals surface area (Å²) in [4.78, 5) is 18.8. The van der Waals surface area contributed by atoms with Gasteiger partial charge >= 0.3 is 0 Å². The van der Waals surface area contributed by atoms with Crippen LogP contribution in [-0.2, 0) is 4.79 Å². The Balaban J connectivity index is 1.51. The third-order valence-electron chi connectivity index (χ3n) is 5.49. The smallest absolute Gasteiger partial charge is 0.225 e. The highest BCUT2D eigenvalue weighted by molar-refractivity contribution is 5.79. The van der Waals surface area contributed by atoms with Crippen molar-refractivity contribution in [2.24, 2.45) is 5.92 Å². The fourth-order valence-electron chi connectivity index (χ4n) is 3.77.